The van der Waals surface area contributed by atoms with Gasteiger partial charge in [0, 0.05) is 13.0 Å². The third kappa shape index (κ3) is 4.10. The number of aliphatic hydroxyl groups excluding tert-OH is 2. The standard InChI is InChI=1S/C27H40N2O6/c1-26-10-8-17(28-35-15-24(32)29-14-18(30)13-22(29)25(33)34-3)12-16(26)4-5-19-20-6-7-23(31)27(20,2)11-9-21(19)26/h12,18-23,30-31H,4-11,13-15H2,1-3H3/t18-,19+,20-,21+,22-,23+,26-,27-/m0/s1. The molecule has 0 aromatic carbocycles. The SMILES string of the molecule is COC(=O)[C@@H]1C[C@H](O)CN1C(=O)CON=C1C=C2CC[C@H]3[C@@H](CC[C@]4(C)[C@H](O)CC[C@@H]34)[C@@]2(C)CC1. The molecule has 4 aliphatic carbocycles. The van der Waals surface area contributed by atoms with Crippen LogP contribution < -0.4 is 0 Å². The summed E-state index contributed by atoms with van der Waals surface area (Å²) in [4.78, 5) is 31.3. The predicted octanol–water partition coefficient (Wildman–Crippen LogP) is 2.82. The van der Waals surface area contributed by atoms with Crippen molar-refractivity contribution in [1.29, 1.82) is 0 Å². The molecule has 8 atom stereocenters. The first-order valence-corrected chi connectivity index (χ1v) is 13.3. The van der Waals surface area contributed by atoms with Crippen LogP contribution in [0.4, 0.5) is 0 Å². The van der Waals surface area contributed by atoms with Crippen LogP contribution in [0, 0.1) is 28.6 Å². The van der Waals surface area contributed by atoms with Crippen molar-refractivity contribution in [2.75, 3.05) is 20.3 Å². The Balaban J connectivity index is 1.23. The number of amides is 1. The van der Waals surface area contributed by atoms with E-state index in [2.05, 4.69) is 25.1 Å². The minimum absolute atomic E-state index is 0.0959. The van der Waals surface area contributed by atoms with Crippen LogP contribution in [0.5, 0.6) is 0 Å². The second-order valence-electron chi connectivity index (χ2n) is 12.0. The normalized spacial score (nSPS) is 43.7. The van der Waals surface area contributed by atoms with Gasteiger partial charge < -0.3 is 24.7 Å². The van der Waals surface area contributed by atoms with Crippen LogP contribution in [0.3, 0.4) is 0 Å². The molecule has 8 nitrogen and oxygen atoms in total. The lowest BCUT2D eigenvalue weighted by Crippen LogP contribution is -2.51. The Labute approximate surface area is 207 Å². The van der Waals surface area contributed by atoms with Gasteiger partial charge in [0.25, 0.3) is 5.91 Å². The Morgan fingerprint density at radius 1 is 1.11 bits per heavy atom. The highest BCUT2D eigenvalue weighted by Crippen LogP contribution is 2.65. The maximum absolute atomic E-state index is 12.6. The van der Waals surface area contributed by atoms with E-state index in [1.54, 1.807) is 0 Å². The third-order valence-corrected chi connectivity index (χ3v) is 10.4. The van der Waals surface area contributed by atoms with Crippen molar-refractivity contribution in [1.82, 2.24) is 4.90 Å². The van der Waals surface area contributed by atoms with Crippen molar-refractivity contribution < 1.29 is 29.4 Å². The molecule has 0 unspecified atom stereocenters. The molecule has 0 radical (unpaired) electrons. The molecular formula is C27H40N2O6. The van der Waals surface area contributed by atoms with Gasteiger partial charge in [-0.25, -0.2) is 4.79 Å². The summed E-state index contributed by atoms with van der Waals surface area (Å²) in [6, 6.07) is -0.773. The van der Waals surface area contributed by atoms with Gasteiger partial charge in [-0.1, -0.05) is 24.6 Å². The molecule has 0 spiro atoms. The molecule has 35 heavy (non-hydrogen) atoms. The third-order valence-electron chi connectivity index (χ3n) is 10.4. The van der Waals surface area contributed by atoms with E-state index in [0.717, 1.165) is 44.2 Å². The van der Waals surface area contributed by atoms with Crippen LogP contribution in [0.1, 0.15) is 71.6 Å². The molecule has 0 bridgehead atoms. The summed E-state index contributed by atoms with van der Waals surface area (Å²) in [6.45, 7) is 4.58. The van der Waals surface area contributed by atoms with Crippen molar-refractivity contribution >= 4 is 17.6 Å². The van der Waals surface area contributed by atoms with Crippen LogP contribution in [-0.4, -0.2) is 71.2 Å². The van der Waals surface area contributed by atoms with Crippen LogP contribution >= 0.6 is 0 Å². The monoisotopic (exact) mass is 488 g/mol. The lowest BCUT2D eigenvalue weighted by molar-refractivity contribution is -0.152. The first kappa shape index (κ1) is 24.8. The minimum atomic E-state index is -0.773. The molecule has 3 saturated carbocycles. The first-order valence-electron chi connectivity index (χ1n) is 13.3. The Hall–Kier alpha value is -1.93. The number of likely N-dealkylation sites (tertiary alicyclic amines) is 1. The number of fused-ring (bicyclic) bond motifs is 5. The minimum Gasteiger partial charge on any atom is -0.467 e. The fourth-order valence-electron chi connectivity index (χ4n) is 8.32. The Kier molecular flexibility index (Phi) is 6.49. The lowest BCUT2D eigenvalue weighted by atomic mass is 9.47. The molecule has 1 amide bonds. The van der Waals surface area contributed by atoms with Gasteiger partial charge in [0.1, 0.15) is 6.04 Å². The van der Waals surface area contributed by atoms with Gasteiger partial charge in [-0.15, -0.1) is 0 Å². The average Bonchev–Trinajstić information content (AvgIpc) is 3.38. The zero-order valence-corrected chi connectivity index (χ0v) is 21.2. The van der Waals surface area contributed by atoms with E-state index in [1.165, 1.54) is 30.4 Å². The quantitative estimate of drug-likeness (QED) is 0.465. The largest absolute Gasteiger partial charge is 0.467 e. The topological polar surface area (TPSA) is 109 Å². The average molecular weight is 489 g/mol. The highest BCUT2D eigenvalue weighted by atomic mass is 16.6. The highest BCUT2D eigenvalue weighted by molar-refractivity contribution is 5.96. The van der Waals surface area contributed by atoms with Crippen molar-refractivity contribution in [3.63, 3.8) is 0 Å². The van der Waals surface area contributed by atoms with Crippen molar-refractivity contribution in [2.24, 2.45) is 33.7 Å². The van der Waals surface area contributed by atoms with Gasteiger partial charge in [-0.2, -0.15) is 0 Å². The van der Waals surface area contributed by atoms with E-state index < -0.39 is 18.1 Å². The van der Waals surface area contributed by atoms with Crippen molar-refractivity contribution in [3.8, 4) is 0 Å². The van der Waals surface area contributed by atoms with Crippen molar-refractivity contribution in [3.05, 3.63) is 11.6 Å². The number of carbonyl (C=O) groups excluding carboxylic acids is 2. The summed E-state index contributed by atoms with van der Waals surface area (Å²) in [6.07, 6.45) is 9.99. The molecule has 5 aliphatic rings. The number of esters is 1. The van der Waals surface area contributed by atoms with E-state index in [-0.39, 0.29) is 42.4 Å². The van der Waals surface area contributed by atoms with Crippen LogP contribution in [-0.2, 0) is 19.2 Å². The molecule has 2 N–H and O–H groups in total. The summed E-state index contributed by atoms with van der Waals surface area (Å²) in [5.74, 6) is 1.09. The fraction of sp³-hybridized carbons (Fsp3) is 0.815. The number of hydrogen-bond acceptors (Lipinski definition) is 7. The van der Waals surface area contributed by atoms with E-state index >= 15 is 0 Å². The first-order chi connectivity index (χ1) is 16.7. The van der Waals surface area contributed by atoms with E-state index in [1.807, 2.05) is 0 Å². The smallest absolute Gasteiger partial charge is 0.328 e. The van der Waals surface area contributed by atoms with E-state index in [4.69, 9.17) is 9.57 Å². The zero-order valence-electron chi connectivity index (χ0n) is 21.2. The molecule has 0 aromatic rings. The number of rotatable bonds is 4. The summed E-state index contributed by atoms with van der Waals surface area (Å²) >= 11 is 0. The van der Waals surface area contributed by atoms with Gasteiger partial charge in [0.05, 0.1) is 25.0 Å². The van der Waals surface area contributed by atoms with Gasteiger partial charge in [0.2, 0.25) is 0 Å². The van der Waals surface area contributed by atoms with E-state index in [0.29, 0.717) is 17.8 Å². The fourth-order valence-corrected chi connectivity index (χ4v) is 8.32. The summed E-state index contributed by atoms with van der Waals surface area (Å²) in [5.41, 5.74) is 2.59. The highest BCUT2D eigenvalue weighted by Gasteiger charge is 2.58. The molecule has 0 aromatic heterocycles. The maximum Gasteiger partial charge on any atom is 0.328 e. The van der Waals surface area contributed by atoms with Crippen LogP contribution in [0.15, 0.2) is 16.8 Å². The maximum atomic E-state index is 12.6. The van der Waals surface area contributed by atoms with E-state index in [9.17, 15) is 19.8 Å². The molecule has 5 rings (SSSR count). The summed E-state index contributed by atoms with van der Waals surface area (Å²) < 4.78 is 4.76. The molecule has 1 heterocycles. The number of nitrogens with zero attached hydrogens (tertiary/aromatic N) is 2. The number of β-amino-alcohol motifs (C(OH)–C–C–N with tert-alkyl or cyclic N) is 1. The summed E-state index contributed by atoms with van der Waals surface area (Å²) in [7, 11) is 1.28. The molecule has 1 aliphatic heterocycles. The predicted molar refractivity (Wildman–Crippen MR) is 129 cm³/mol. The van der Waals surface area contributed by atoms with Gasteiger partial charge in [-0.3, -0.25) is 4.79 Å². The number of ether oxygens (including phenoxy) is 1. The van der Waals surface area contributed by atoms with Crippen LogP contribution in [0.2, 0.25) is 0 Å². The Morgan fingerprint density at radius 3 is 2.69 bits per heavy atom. The molecule has 194 valence electrons. The van der Waals surface area contributed by atoms with Crippen molar-refractivity contribution in [2.45, 2.75) is 89.9 Å². The summed E-state index contributed by atoms with van der Waals surface area (Å²) in [5, 5.41) is 24.8. The van der Waals surface area contributed by atoms with Gasteiger partial charge in [-0.05, 0) is 86.0 Å². The Bertz CT molecular complexity index is 933. The van der Waals surface area contributed by atoms with Gasteiger partial charge >= 0.3 is 5.97 Å². The molecule has 1 saturated heterocycles. The number of carbonyl (C=O) groups is 2. The number of aliphatic hydroxyl groups is 2. The van der Waals surface area contributed by atoms with Gasteiger partial charge in [0.15, 0.2) is 6.61 Å². The molecule has 8 heteroatoms. The zero-order chi connectivity index (χ0) is 25.0. The lowest BCUT2D eigenvalue weighted by Gasteiger charge is -2.57. The second-order valence-corrected chi connectivity index (χ2v) is 12.0. The number of oxime groups is 1. The number of methoxy groups -OCH3 is 1. The molecule has 4 fully saturated rings. The number of hydrogen-bond donors (Lipinski definition) is 2. The molecular weight excluding hydrogens is 448 g/mol. The second kappa shape index (κ2) is 9.18. The Morgan fingerprint density at radius 2 is 1.91 bits per heavy atom. The van der Waals surface area contributed by atoms with Crippen LogP contribution in [0.25, 0.3) is 0 Å². The number of allylic oxidation sites excluding steroid dienone is 2.